The first-order valence-corrected chi connectivity index (χ1v) is 8.45. The quantitative estimate of drug-likeness (QED) is 0.866. The minimum absolute atomic E-state index is 0.0341. The Hall–Kier alpha value is -2.40. The van der Waals surface area contributed by atoms with E-state index in [1.54, 1.807) is 11.0 Å². The van der Waals surface area contributed by atoms with Crippen molar-refractivity contribution >= 4 is 6.09 Å². The smallest absolute Gasteiger partial charge is 0.410 e. The molecule has 2 aliphatic rings. The summed E-state index contributed by atoms with van der Waals surface area (Å²) in [6.07, 6.45) is 0.243. The average molecular weight is 341 g/mol. The molecule has 1 amide bonds. The lowest BCUT2D eigenvalue weighted by Gasteiger charge is -2.28. The van der Waals surface area contributed by atoms with E-state index >= 15 is 0 Å². The van der Waals surface area contributed by atoms with E-state index in [-0.39, 0.29) is 30.3 Å². The molecule has 25 heavy (non-hydrogen) atoms. The molecule has 0 aromatic heterocycles. The zero-order valence-corrected chi connectivity index (χ0v) is 14.0. The van der Waals surface area contributed by atoms with Crippen LogP contribution in [-0.4, -0.2) is 36.4 Å². The molecule has 130 valence electrons. The number of rotatable bonds is 1. The predicted octanol–water partition coefficient (Wildman–Crippen LogP) is 3.25. The number of methoxy groups -OCH3 is 1. The van der Waals surface area contributed by atoms with Gasteiger partial charge in [0, 0.05) is 25.0 Å². The molecule has 5 heteroatoms. The van der Waals surface area contributed by atoms with Crippen molar-refractivity contribution in [2.24, 2.45) is 5.92 Å². The largest absolute Gasteiger partial charge is 0.453 e. The second-order valence-electron chi connectivity index (χ2n) is 6.75. The number of halogens is 1. The van der Waals surface area contributed by atoms with E-state index in [9.17, 15) is 14.3 Å². The summed E-state index contributed by atoms with van der Waals surface area (Å²) in [7, 11) is 1.35. The molecule has 1 saturated heterocycles. The minimum Gasteiger partial charge on any atom is -0.453 e. The Morgan fingerprint density at radius 1 is 1.24 bits per heavy atom. The third-order valence-corrected chi connectivity index (χ3v) is 5.48. The predicted molar refractivity (Wildman–Crippen MR) is 90.8 cm³/mol. The lowest BCUT2D eigenvalue weighted by Crippen LogP contribution is -2.32. The Balaban J connectivity index is 1.95. The molecule has 3 atom stereocenters. The normalized spacial score (nSPS) is 24.1. The number of likely N-dealkylation sites (tertiary alicyclic amines) is 1. The number of fused-ring (bicyclic) bond motifs is 5. The molecular weight excluding hydrogens is 321 g/mol. The second kappa shape index (κ2) is 6.15. The van der Waals surface area contributed by atoms with Crippen molar-refractivity contribution in [3.8, 4) is 0 Å². The van der Waals surface area contributed by atoms with E-state index in [0.29, 0.717) is 13.0 Å². The first-order valence-electron chi connectivity index (χ1n) is 8.45. The number of ether oxygens (including phenoxy) is 1. The summed E-state index contributed by atoms with van der Waals surface area (Å²) in [6.45, 7) is 0.358. The van der Waals surface area contributed by atoms with Gasteiger partial charge in [-0.2, -0.15) is 0 Å². The van der Waals surface area contributed by atoms with Gasteiger partial charge in [0.15, 0.2) is 0 Å². The monoisotopic (exact) mass is 341 g/mol. The minimum atomic E-state index is -0.444. The van der Waals surface area contributed by atoms with Crippen molar-refractivity contribution in [1.29, 1.82) is 0 Å². The van der Waals surface area contributed by atoms with E-state index in [2.05, 4.69) is 12.1 Å². The van der Waals surface area contributed by atoms with E-state index in [1.165, 1.54) is 19.2 Å². The van der Waals surface area contributed by atoms with Gasteiger partial charge in [-0.15, -0.1) is 0 Å². The summed E-state index contributed by atoms with van der Waals surface area (Å²) in [5.41, 5.74) is 4.10. The van der Waals surface area contributed by atoms with Gasteiger partial charge in [0.25, 0.3) is 0 Å². The average Bonchev–Trinajstić information content (AvgIpc) is 2.95. The highest BCUT2D eigenvalue weighted by molar-refractivity contribution is 5.70. The van der Waals surface area contributed by atoms with Gasteiger partial charge in [-0.3, -0.25) is 0 Å². The van der Waals surface area contributed by atoms with E-state index < -0.39 is 6.09 Å². The number of benzene rings is 2. The van der Waals surface area contributed by atoms with Crippen LogP contribution in [0.4, 0.5) is 9.18 Å². The number of hydrogen-bond donors (Lipinski definition) is 1. The molecule has 1 aliphatic heterocycles. The molecule has 1 N–H and O–H groups in total. The Labute approximate surface area is 145 Å². The van der Waals surface area contributed by atoms with Gasteiger partial charge in [0.05, 0.1) is 13.2 Å². The molecular formula is C20H20FNO3. The number of nitrogens with zero attached hydrogens (tertiary/aromatic N) is 1. The van der Waals surface area contributed by atoms with Crippen molar-refractivity contribution in [1.82, 2.24) is 4.90 Å². The van der Waals surface area contributed by atoms with Crippen LogP contribution >= 0.6 is 0 Å². The second-order valence-corrected chi connectivity index (χ2v) is 6.75. The number of aliphatic hydroxyl groups is 1. The Morgan fingerprint density at radius 3 is 2.76 bits per heavy atom. The lowest BCUT2D eigenvalue weighted by molar-refractivity contribution is 0.116. The molecule has 0 radical (unpaired) electrons. The SMILES string of the molecule is COC(=O)N1CC(CO)[C@@H]2c3ccccc3Cc3ccc(F)cc3[C@H]21. The van der Waals surface area contributed by atoms with E-state index in [4.69, 9.17) is 4.74 Å². The number of carbonyl (C=O) groups is 1. The summed E-state index contributed by atoms with van der Waals surface area (Å²) >= 11 is 0. The Bertz CT molecular complexity index is 822. The molecule has 0 saturated carbocycles. The van der Waals surface area contributed by atoms with Crippen LogP contribution in [-0.2, 0) is 11.2 Å². The van der Waals surface area contributed by atoms with Crippen LogP contribution in [0, 0.1) is 11.7 Å². The van der Waals surface area contributed by atoms with E-state index in [0.717, 1.165) is 22.3 Å². The molecule has 0 spiro atoms. The summed E-state index contributed by atoms with van der Waals surface area (Å²) in [4.78, 5) is 14.0. The van der Waals surface area contributed by atoms with Crippen LogP contribution in [0.2, 0.25) is 0 Å². The van der Waals surface area contributed by atoms with Crippen molar-refractivity contribution in [2.75, 3.05) is 20.3 Å². The van der Waals surface area contributed by atoms with Crippen molar-refractivity contribution in [2.45, 2.75) is 18.4 Å². The molecule has 1 fully saturated rings. The van der Waals surface area contributed by atoms with Gasteiger partial charge >= 0.3 is 6.09 Å². The summed E-state index contributed by atoms with van der Waals surface area (Å²) in [5.74, 6) is -0.511. The highest BCUT2D eigenvalue weighted by Gasteiger charge is 2.48. The summed E-state index contributed by atoms with van der Waals surface area (Å²) in [5, 5.41) is 9.94. The fraction of sp³-hybridized carbons (Fsp3) is 0.350. The van der Waals surface area contributed by atoms with E-state index in [1.807, 2.05) is 12.1 Å². The molecule has 1 heterocycles. The van der Waals surface area contributed by atoms with Gasteiger partial charge < -0.3 is 14.7 Å². The van der Waals surface area contributed by atoms with Crippen LogP contribution in [0.15, 0.2) is 42.5 Å². The molecule has 2 aromatic carbocycles. The van der Waals surface area contributed by atoms with Gasteiger partial charge in [-0.25, -0.2) is 9.18 Å². The number of amides is 1. The molecule has 2 aromatic rings. The van der Waals surface area contributed by atoms with Gasteiger partial charge in [0.1, 0.15) is 5.82 Å². The molecule has 1 aliphatic carbocycles. The summed E-state index contributed by atoms with van der Waals surface area (Å²) in [6, 6.07) is 12.5. The highest BCUT2D eigenvalue weighted by atomic mass is 19.1. The van der Waals surface area contributed by atoms with Crippen LogP contribution in [0.25, 0.3) is 0 Å². The van der Waals surface area contributed by atoms with Gasteiger partial charge in [-0.1, -0.05) is 30.3 Å². The van der Waals surface area contributed by atoms with Crippen molar-refractivity contribution in [3.05, 3.63) is 70.5 Å². The molecule has 0 bridgehead atoms. The maximum absolute atomic E-state index is 14.0. The summed E-state index contributed by atoms with van der Waals surface area (Å²) < 4.78 is 19.0. The Morgan fingerprint density at radius 2 is 2.00 bits per heavy atom. The van der Waals surface area contributed by atoms with Crippen LogP contribution < -0.4 is 0 Å². The zero-order valence-electron chi connectivity index (χ0n) is 14.0. The first kappa shape index (κ1) is 16.1. The molecule has 4 rings (SSSR count). The van der Waals surface area contributed by atoms with Gasteiger partial charge in [-0.05, 0) is 40.8 Å². The zero-order chi connectivity index (χ0) is 17.6. The van der Waals surface area contributed by atoms with Crippen molar-refractivity contribution < 1.29 is 19.0 Å². The van der Waals surface area contributed by atoms with Crippen molar-refractivity contribution in [3.63, 3.8) is 0 Å². The number of hydrogen-bond acceptors (Lipinski definition) is 3. The standard InChI is InChI=1S/C20H20FNO3/c1-25-20(24)22-10-14(11-23)18-16-5-3-2-4-12(16)8-13-6-7-15(21)9-17(13)19(18)22/h2-7,9,14,18-19,23H,8,10-11H2,1H3/t14?,18-,19-/m1/s1. The highest BCUT2D eigenvalue weighted by Crippen LogP contribution is 2.51. The molecule has 1 unspecified atom stereocenters. The fourth-order valence-corrected chi connectivity index (χ4v) is 4.42. The lowest BCUT2D eigenvalue weighted by atomic mass is 9.81. The number of aliphatic hydroxyl groups excluding tert-OH is 1. The maximum Gasteiger partial charge on any atom is 0.410 e. The van der Waals surface area contributed by atoms with Gasteiger partial charge in [0.2, 0.25) is 0 Å². The fourth-order valence-electron chi connectivity index (χ4n) is 4.42. The maximum atomic E-state index is 14.0. The molecule has 4 nitrogen and oxygen atoms in total. The third kappa shape index (κ3) is 2.50. The topological polar surface area (TPSA) is 49.8 Å². The third-order valence-electron chi connectivity index (χ3n) is 5.48. The Kier molecular flexibility index (Phi) is 3.96. The first-order chi connectivity index (χ1) is 12.1. The number of carbonyl (C=O) groups excluding carboxylic acids is 1. The van der Waals surface area contributed by atoms with Crippen LogP contribution in [0.5, 0.6) is 0 Å². The van der Waals surface area contributed by atoms with Crippen LogP contribution in [0.1, 0.15) is 34.2 Å². The van der Waals surface area contributed by atoms with Crippen LogP contribution in [0.3, 0.4) is 0 Å².